The highest BCUT2D eigenvalue weighted by molar-refractivity contribution is 7.17. The highest BCUT2D eigenvalue weighted by atomic mass is 32.1. The van der Waals surface area contributed by atoms with Crippen LogP contribution in [0.3, 0.4) is 0 Å². The number of hydrogen-bond donors (Lipinski definition) is 1. The highest BCUT2D eigenvalue weighted by Gasteiger charge is 2.09. The second-order valence-corrected chi connectivity index (χ2v) is 5.46. The van der Waals surface area contributed by atoms with Crippen LogP contribution < -0.4 is 10.6 Å². The predicted octanol–water partition coefficient (Wildman–Crippen LogP) is 3.51. The van der Waals surface area contributed by atoms with Crippen LogP contribution in [-0.4, -0.2) is 12.0 Å². The van der Waals surface area contributed by atoms with Crippen molar-refractivity contribution < 1.29 is 0 Å². The summed E-state index contributed by atoms with van der Waals surface area (Å²) in [6.07, 6.45) is 3.46. The number of nitrogens with zero attached hydrogens (tertiary/aromatic N) is 2. The van der Waals surface area contributed by atoms with E-state index in [1.54, 1.807) is 23.7 Å². The fourth-order valence-electron chi connectivity index (χ4n) is 2.24. The highest BCUT2D eigenvalue weighted by Crippen LogP contribution is 2.28. The zero-order valence-corrected chi connectivity index (χ0v) is 11.5. The molecule has 1 aromatic carbocycles. The number of thiophene rings is 1. The number of pyridine rings is 1. The average Bonchev–Trinajstić information content (AvgIpc) is 2.83. The molecule has 0 unspecified atom stereocenters. The number of benzene rings is 1. The number of nitrogen functional groups attached to an aromatic ring is 1. The van der Waals surface area contributed by atoms with Crippen LogP contribution in [0.25, 0.3) is 10.1 Å². The molecule has 0 saturated heterocycles. The summed E-state index contributed by atoms with van der Waals surface area (Å²) in [6.45, 7) is 0.845. The molecule has 3 nitrogen and oxygen atoms in total. The van der Waals surface area contributed by atoms with Gasteiger partial charge in [-0.3, -0.25) is 4.98 Å². The predicted molar refractivity (Wildman–Crippen MR) is 82.6 cm³/mol. The lowest BCUT2D eigenvalue weighted by atomic mass is 10.1. The summed E-state index contributed by atoms with van der Waals surface area (Å²) in [4.78, 5) is 6.18. The molecule has 0 radical (unpaired) electrons. The van der Waals surface area contributed by atoms with Gasteiger partial charge in [0, 0.05) is 24.5 Å². The standard InChI is InChI=1S/C15H15N3S/c1-18(14-6-7-17-8-13(14)16)9-11-10-19-15-5-3-2-4-12(11)15/h2-8,10H,9,16H2,1H3. The van der Waals surface area contributed by atoms with Crippen LogP contribution in [0.1, 0.15) is 5.56 Å². The van der Waals surface area contributed by atoms with E-state index in [-0.39, 0.29) is 0 Å². The van der Waals surface area contributed by atoms with Gasteiger partial charge in [-0.25, -0.2) is 0 Å². The van der Waals surface area contributed by atoms with Crippen molar-refractivity contribution in [3.63, 3.8) is 0 Å². The Balaban J connectivity index is 1.91. The number of aromatic nitrogens is 1. The summed E-state index contributed by atoms with van der Waals surface area (Å²) in [5, 5.41) is 3.55. The zero-order valence-electron chi connectivity index (χ0n) is 10.7. The van der Waals surface area contributed by atoms with Gasteiger partial charge in [0.1, 0.15) is 0 Å². The summed E-state index contributed by atoms with van der Waals surface area (Å²) in [7, 11) is 2.05. The first-order chi connectivity index (χ1) is 9.25. The topological polar surface area (TPSA) is 42.2 Å². The van der Waals surface area contributed by atoms with Gasteiger partial charge >= 0.3 is 0 Å². The van der Waals surface area contributed by atoms with E-state index < -0.39 is 0 Å². The van der Waals surface area contributed by atoms with Crippen molar-refractivity contribution in [2.75, 3.05) is 17.7 Å². The molecule has 0 bridgehead atoms. The van der Waals surface area contributed by atoms with E-state index in [0.29, 0.717) is 5.69 Å². The van der Waals surface area contributed by atoms with E-state index in [0.717, 1.165) is 12.2 Å². The second kappa shape index (κ2) is 4.90. The van der Waals surface area contributed by atoms with Crippen molar-refractivity contribution in [3.8, 4) is 0 Å². The maximum atomic E-state index is 5.96. The maximum absolute atomic E-state index is 5.96. The van der Waals surface area contributed by atoms with Crippen LogP contribution in [0.2, 0.25) is 0 Å². The maximum Gasteiger partial charge on any atom is 0.0738 e. The molecule has 0 atom stereocenters. The largest absolute Gasteiger partial charge is 0.396 e. The van der Waals surface area contributed by atoms with Crippen LogP contribution in [0.15, 0.2) is 48.1 Å². The quantitative estimate of drug-likeness (QED) is 0.791. The lowest BCUT2D eigenvalue weighted by Crippen LogP contribution is -2.17. The van der Waals surface area contributed by atoms with Crippen molar-refractivity contribution in [3.05, 3.63) is 53.7 Å². The van der Waals surface area contributed by atoms with E-state index in [4.69, 9.17) is 5.73 Å². The van der Waals surface area contributed by atoms with Crippen LogP contribution in [0, 0.1) is 0 Å². The summed E-state index contributed by atoms with van der Waals surface area (Å²) < 4.78 is 1.33. The third-order valence-electron chi connectivity index (χ3n) is 3.21. The third kappa shape index (κ3) is 2.27. The first kappa shape index (κ1) is 12.0. The minimum absolute atomic E-state index is 0.713. The Morgan fingerprint density at radius 1 is 1.26 bits per heavy atom. The van der Waals surface area contributed by atoms with Crippen molar-refractivity contribution in [2.24, 2.45) is 0 Å². The lowest BCUT2D eigenvalue weighted by molar-refractivity contribution is 0.933. The van der Waals surface area contributed by atoms with E-state index in [1.165, 1.54) is 15.6 Å². The van der Waals surface area contributed by atoms with Gasteiger partial charge in [-0.2, -0.15) is 0 Å². The molecule has 3 rings (SSSR count). The molecule has 0 spiro atoms. The van der Waals surface area contributed by atoms with Crippen molar-refractivity contribution >= 4 is 32.8 Å². The summed E-state index contributed by atoms with van der Waals surface area (Å²) >= 11 is 1.79. The molecular formula is C15H15N3S. The molecule has 0 aliphatic rings. The fourth-order valence-corrected chi connectivity index (χ4v) is 3.20. The molecule has 2 N–H and O–H groups in total. The van der Waals surface area contributed by atoms with Gasteiger partial charge in [0.25, 0.3) is 0 Å². The Hall–Kier alpha value is -2.07. The van der Waals surface area contributed by atoms with Crippen LogP contribution in [0.4, 0.5) is 11.4 Å². The fraction of sp³-hybridized carbons (Fsp3) is 0.133. The first-order valence-electron chi connectivity index (χ1n) is 6.11. The van der Waals surface area contributed by atoms with Gasteiger partial charge in [-0.1, -0.05) is 18.2 Å². The van der Waals surface area contributed by atoms with Crippen molar-refractivity contribution in [1.29, 1.82) is 0 Å². The van der Waals surface area contributed by atoms with E-state index in [1.807, 2.05) is 6.07 Å². The Labute approximate surface area is 116 Å². The minimum Gasteiger partial charge on any atom is -0.396 e. The SMILES string of the molecule is CN(Cc1csc2ccccc12)c1ccncc1N. The Bertz CT molecular complexity index is 705. The molecule has 2 heterocycles. The summed E-state index contributed by atoms with van der Waals surface area (Å²) in [5.41, 5.74) is 9.03. The monoisotopic (exact) mass is 269 g/mol. The first-order valence-corrected chi connectivity index (χ1v) is 6.99. The van der Waals surface area contributed by atoms with Gasteiger partial charge in [0.05, 0.1) is 17.6 Å². The molecule has 0 amide bonds. The number of fused-ring (bicyclic) bond motifs is 1. The summed E-state index contributed by atoms with van der Waals surface area (Å²) in [5.74, 6) is 0. The smallest absolute Gasteiger partial charge is 0.0738 e. The number of rotatable bonds is 3. The molecule has 0 saturated carbocycles. The van der Waals surface area contributed by atoms with E-state index in [9.17, 15) is 0 Å². The Morgan fingerprint density at radius 3 is 2.95 bits per heavy atom. The van der Waals surface area contributed by atoms with Crippen molar-refractivity contribution in [2.45, 2.75) is 6.54 Å². The van der Waals surface area contributed by atoms with Crippen LogP contribution >= 0.6 is 11.3 Å². The van der Waals surface area contributed by atoms with Gasteiger partial charge in [0.15, 0.2) is 0 Å². The average molecular weight is 269 g/mol. The molecule has 0 aliphatic heterocycles. The molecular weight excluding hydrogens is 254 g/mol. The molecule has 2 aromatic heterocycles. The number of nitrogens with two attached hydrogens (primary N) is 1. The Kier molecular flexibility index (Phi) is 3.09. The molecule has 0 aliphatic carbocycles. The van der Waals surface area contributed by atoms with E-state index >= 15 is 0 Å². The molecule has 96 valence electrons. The zero-order chi connectivity index (χ0) is 13.2. The summed E-state index contributed by atoms with van der Waals surface area (Å²) in [6, 6.07) is 10.4. The van der Waals surface area contributed by atoms with E-state index in [2.05, 4.69) is 46.6 Å². The van der Waals surface area contributed by atoms with Gasteiger partial charge in [-0.15, -0.1) is 11.3 Å². The molecule has 0 fully saturated rings. The third-order valence-corrected chi connectivity index (χ3v) is 4.22. The number of hydrogen-bond acceptors (Lipinski definition) is 4. The van der Waals surface area contributed by atoms with Crippen LogP contribution in [0.5, 0.6) is 0 Å². The lowest BCUT2D eigenvalue weighted by Gasteiger charge is -2.20. The molecule has 19 heavy (non-hydrogen) atoms. The van der Waals surface area contributed by atoms with Gasteiger partial charge in [-0.05, 0) is 28.5 Å². The number of anilines is 2. The minimum atomic E-state index is 0.713. The molecule has 3 aromatic rings. The second-order valence-electron chi connectivity index (χ2n) is 4.55. The van der Waals surface area contributed by atoms with Crippen molar-refractivity contribution in [1.82, 2.24) is 4.98 Å². The normalized spacial score (nSPS) is 10.8. The van der Waals surface area contributed by atoms with Gasteiger partial charge in [0.2, 0.25) is 0 Å². The molecule has 4 heteroatoms. The van der Waals surface area contributed by atoms with Gasteiger partial charge < -0.3 is 10.6 Å². The van der Waals surface area contributed by atoms with Crippen LogP contribution in [-0.2, 0) is 6.54 Å². The Morgan fingerprint density at radius 2 is 2.11 bits per heavy atom.